The maximum Gasteiger partial charge on any atom is 0.129 e. The first-order valence-corrected chi connectivity index (χ1v) is 7.04. The van der Waals surface area contributed by atoms with Crippen LogP contribution in [0.2, 0.25) is 5.02 Å². The van der Waals surface area contributed by atoms with Crippen molar-refractivity contribution in [2.75, 3.05) is 0 Å². The zero-order valence-electron chi connectivity index (χ0n) is 12.0. The predicted octanol–water partition coefficient (Wildman–Crippen LogP) is 3.53. The van der Waals surface area contributed by atoms with Crippen molar-refractivity contribution >= 4 is 11.6 Å². The van der Waals surface area contributed by atoms with E-state index >= 15 is 0 Å². The topological polar surface area (TPSA) is 29.9 Å². The van der Waals surface area contributed by atoms with Crippen molar-refractivity contribution in [2.24, 2.45) is 0 Å². The van der Waals surface area contributed by atoms with E-state index < -0.39 is 0 Å². The van der Waals surface area contributed by atoms with E-state index in [0.717, 1.165) is 11.5 Å². The number of hydrogen-bond acceptors (Lipinski definition) is 2. The molecule has 1 heterocycles. The lowest BCUT2D eigenvalue weighted by atomic mass is 10.2. The first kappa shape index (κ1) is 15.0. The van der Waals surface area contributed by atoms with Gasteiger partial charge in [0, 0.05) is 29.4 Å². The average Bonchev–Trinajstić information content (AvgIpc) is 2.72. The third kappa shape index (κ3) is 3.38. The lowest BCUT2D eigenvalue weighted by Gasteiger charge is -2.14. The third-order valence-corrected chi connectivity index (χ3v) is 3.56. The molecule has 0 aliphatic rings. The second kappa shape index (κ2) is 6.37. The monoisotopic (exact) mass is 295 g/mol. The first-order valence-electron chi connectivity index (χ1n) is 6.66. The summed E-state index contributed by atoms with van der Waals surface area (Å²) in [4.78, 5) is 4.31. The number of nitrogens with one attached hydrogen (secondary N) is 1. The maximum atomic E-state index is 13.9. The summed E-state index contributed by atoms with van der Waals surface area (Å²) in [6.45, 7) is 7.17. The van der Waals surface area contributed by atoms with E-state index in [-0.39, 0.29) is 5.82 Å². The van der Waals surface area contributed by atoms with Gasteiger partial charge < -0.3 is 9.88 Å². The number of hydrogen-bond donors (Lipinski definition) is 1. The van der Waals surface area contributed by atoms with Gasteiger partial charge in [0.1, 0.15) is 11.6 Å². The van der Waals surface area contributed by atoms with Crippen LogP contribution in [-0.2, 0) is 13.1 Å². The van der Waals surface area contributed by atoms with E-state index in [4.69, 9.17) is 11.6 Å². The molecular formula is C15H19ClFN3. The van der Waals surface area contributed by atoms with Crippen molar-refractivity contribution in [3.8, 4) is 0 Å². The molecule has 108 valence electrons. The van der Waals surface area contributed by atoms with Gasteiger partial charge in [0.05, 0.1) is 12.2 Å². The SMILES string of the molecule is Cc1ncc(CNC(C)C)n1Cc1c(F)cccc1Cl. The number of aryl methyl sites for hydroxylation is 1. The van der Waals surface area contributed by atoms with Gasteiger partial charge in [0.15, 0.2) is 0 Å². The molecule has 0 aliphatic carbocycles. The molecule has 0 atom stereocenters. The fraction of sp³-hybridized carbons (Fsp3) is 0.400. The lowest BCUT2D eigenvalue weighted by molar-refractivity contribution is 0.553. The Morgan fingerprint density at radius 1 is 1.40 bits per heavy atom. The maximum absolute atomic E-state index is 13.9. The number of imidazole rings is 1. The van der Waals surface area contributed by atoms with E-state index in [0.29, 0.717) is 29.7 Å². The van der Waals surface area contributed by atoms with E-state index in [1.807, 2.05) is 17.7 Å². The smallest absolute Gasteiger partial charge is 0.129 e. The first-order chi connectivity index (χ1) is 9.49. The molecule has 1 aromatic heterocycles. The van der Waals surface area contributed by atoms with Gasteiger partial charge in [-0.1, -0.05) is 31.5 Å². The van der Waals surface area contributed by atoms with Gasteiger partial charge >= 0.3 is 0 Å². The molecule has 0 bridgehead atoms. The van der Waals surface area contributed by atoms with Gasteiger partial charge in [0.25, 0.3) is 0 Å². The van der Waals surface area contributed by atoms with Crippen molar-refractivity contribution in [3.63, 3.8) is 0 Å². The summed E-state index contributed by atoms with van der Waals surface area (Å²) in [6, 6.07) is 5.14. The molecule has 0 aliphatic heterocycles. The van der Waals surface area contributed by atoms with E-state index in [9.17, 15) is 4.39 Å². The molecule has 0 fully saturated rings. The Labute approximate surface area is 123 Å². The summed E-state index contributed by atoms with van der Waals surface area (Å²) < 4.78 is 15.9. The van der Waals surface area contributed by atoms with Crippen molar-refractivity contribution in [1.29, 1.82) is 0 Å². The van der Waals surface area contributed by atoms with Gasteiger partial charge in [-0.25, -0.2) is 9.37 Å². The Bertz CT molecular complexity index is 573. The molecule has 0 amide bonds. The quantitative estimate of drug-likeness (QED) is 0.914. The molecule has 5 heteroatoms. The largest absolute Gasteiger partial charge is 0.326 e. The minimum Gasteiger partial charge on any atom is -0.326 e. The molecule has 0 radical (unpaired) electrons. The minimum absolute atomic E-state index is 0.284. The number of halogens is 2. The lowest BCUT2D eigenvalue weighted by Crippen LogP contribution is -2.24. The molecule has 2 aromatic rings. The van der Waals surface area contributed by atoms with Crippen molar-refractivity contribution in [1.82, 2.24) is 14.9 Å². The molecular weight excluding hydrogens is 277 g/mol. The molecule has 0 saturated heterocycles. The zero-order chi connectivity index (χ0) is 14.7. The van der Waals surface area contributed by atoms with E-state index in [1.54, 1.807) is 12.1 Å². The highest BCUT2D eigenvalue weighted by Gasteiger charge is 2.12. The second-order valence-electron chi connectivity index (χ2n) is 5.12. The molecule has 1 aromatic carbocycles. The Balaban J connectivity index is 2.27. The summed E-state index contributed by atoms with van der Waals surface area (Å²) in [5.74, 6) is 0.568. The van der Waals surface area contributed by atoms with Gasteiger partial charge in [-0.3, -0.25) is 0 Å². The summed E-state index contributed by atoms with van der Waals surface area (Å²) in [7, 11) is 0. The number of nitrogens with zero attached hydrogens (tertiary/aromatic N) is 2. The van der Waals surface area contributed by atoms with Crippen LogP contribution in [0.25, 0.3) is 0 Å². The van der Waals surface area contributed by atoms with Crippen LogP contribution in [0, 0.1) is 12.7 Å². The zero-order valence-corrected chi connectivity index (χ0v) is 12.7. The molecule has 0 saturated carbocycles. The van der Waals surface area contributed by atoms with Gasteiger partial charge in [-0.05, 0) is 19.1 Å². The van der Waals surface area contributed by atoms with Crippen LogP contribution < -0.4 is 5.32 Å². The second-order valence-corrected chi connectivity index (χ2v) is 5.53. The van der Waals surface area contributed by atoms with Crippen LogP contribution in [0.1, 0.15) is 30.9 Å². The standard InChI is InChI=1S/C15H19ClFN3/c1-10(2)18-7-12-8-19-11(3)20(12)9-13-14(16)5-4-6-15(13)17/h4-6,8,10,18H,7,9H2,1-3H3. The van der Waals surface area contributed by atoms with Gasteiger partial charge in [-0.2, -0.15) is 0 Å². The highest BCUT2D eigenvalue weighted by Crippen LogP contribution is 2.21. The Morgan fingerprint density at radius 2 is 2.15 bits per heavy atom. The Hall–Kier alpha value is -1.39. The Kier molecular flexibility index (Phi) is 4.78. The van der Waals surface area contributed by atoms with Crippen LogP contribution in [0.5, 0.6) is 0 Å². The molecule has 1 N–H and O–H groups in total. The highest BCUT2D eigenvalue weighted by atomic mass is 35.5. The van der Waals surface area contributed by atoms with Gasteiger partial charge in [0.2, 0.25) is 0 Å². The van der Waals surface area contributed by atoms with E-state index in [2.05, 4.69) is 24.1 Å². The van der Waals surface area contributed by atoms with Crippen LogP contribution >= 0.6 is 11.6 Å². The van der Waals surface area contributed by atoms with E-state index in [1.165, 1.54) is 6.07 Å². The summed E-state index contributed by atoms with van der Waals surface area (Å²) in [6.07, 6.45) is 1.82. The number of rotatable bonds is 5. The number of aromatic nitrogens is 2. The van der Waals surface area contributed by atoms with Crippen LogP contribution in [-0.4, -0.2) is 15.6 Å². The normalized spacial score (nSPS) is 11.3. The fourth-order valence-corrected chi connectivity index (χ4v) is 2.25. The number of benzene rings is 1. The van der Waals surface area contributed by atoms with Crippen molar-refractivity contribution < 1.29 is 4.39 Å². The molecule has 2 rings (SSSR count). The van der Waals surface area contributed by atoms with Crippen LogP contribution in [0.3, 0.4) is 0 Å². The molecule has 20 heavy (non-hydrogen) atoms. The molecule has 0 unspecified atom stereocenters. The average molecular weight is 296 g/mol. The molecule has 3 nitrogen and oxygen atoms in total. The van der Waals surface area contributed by atoms with Gasteiger partial charge in [-0.15, -0.1) is 0 Å². The predicted molar refractivity (Wildman–Crippen MR) is 79.5 cm³/mol. The summed E-state index contributed by atoms with van der Waals surface area (Å²) in [5.41, 5.74) is 1.52. The van der Waals surface area contributed by atoms with Crippen molar-refractivity contribution in [3.05, 3.63) is 52.3 Å². The van der Waals surface area contributed by atoms with Crippen molar-refractivity contribution in [2.45, 2.75) is 39.9 Å². The fourth-order valence-electron chi connectivity index (χ4n) is 2.02. The Morgan fingerprint density at radius 3 is 2.80 bits per heavy atom. The highest BCUT2D eigenvalue weighted by molar-refractivity contribution is 6.31. The molecule has 0 spiro atoms. The summed E-state index contributed by atoms with van der Waals surface area (Å²) in [5, 5.41) is 3.79. The third-order valence-electron chi connectivity index (χ3n) is 3.21. The minimum atomic E-state index is -0.284. The van der Waals surface area contributed by atoms with Crippen LogP contribution in [0.4, 0.5) is 4.39 Å². The summed E-state index contributed by atoms with van der Waals surface area (Å²) >= 11 is 6.09. The van der Waals surface area contributed by atoms with Crippen LogP contribution in [0.15, 0.2) is 24.4 Å².